The molecule has 0 radical (unpaired) electrons. The molecule has 0 spiro atoms. The molecule has 1 aromatic rings. The molecular weight excluding hydrogens is 254 g/mol. The van der Waals surface area contributed by atoms with Gasteiger partial charge in [-0.1, -0.05) is 13.8 Å². The van der Waals surface area contributed by atoms with Crippen LogP contribution in [-0.2, 0) is 10.0 Å². The smallest absolute Gasteiger partial charge is 0.253 e. The van der Waals surface area contributed by atoms with Gasteiger partial charge in [0.2, 0.25) is 10.0 Å². The molecule has 0 saturated carbocycles. The van der Waals surface area contributed by atoms with E-state index >= 15 is 0 Å². The molecule has 0 atom stereocenters. The van der Waals surface area contributed by atoms with Gasteiger partial charge in [0.25, 0.3) is 5.91 Å². The van der Waals surface area contributed by atoms with E-state index in [0.29, 0.717) is 6.54 Å². The number of nitrogens with one attached hydrogen (secondary N) is 1. The first kappa shape index (κ1) is 14.5. The Balaban J connectivity index is 3.05. The number of sulfonamides is 1. The first-order valence-electron chi connectivity index (χ1n) is 5.42. The second-order valence-electron chi connectivity index (χ2n) is 4.40. The lowest BCUT2D eigenvalue weighted by atomic mass is 10.1. The van der Waals surface area contributed by atoms with Gasteiger partial charge in [-0.15, -0.1) is 0 Å². The highest BCUT2D eigenvalue weighted by molar-refractivity contribution is 7.89. The van der Waals surface area contributed by atoms with Gasteiger partial charge in [-0.05, 0) is 24.1 Å². The second kappa shape index (κ2) is 5.36. The van der Waals surface area contributed by atoms with E-state index < -0.39 is 15.9 Å². The molecule has 0 fully saturated rings. The Labute approximate surface area is 106 Å². The van der Waals surface area contributed by atoms with Crippen molar-refractivity contribution >= 4 is 21.6 Å². The molecule has 6 nitrogen and oxygen atoms in total. The van der Waals surface area contributed by atoms with Gasteiger partial charge in [0.1, 0.15) is 0 Å². The first-order valence-corrected chi connectivity index (χ1v) is 6.97. The molecule has 18 heavy (non-hydrogen) atoms. The Hall–Kier alpha value is -1.60. The van der Waals surface area contributed by atoms with Crippen molar-refractivity contribution in [3.63, 3.8) is 0 Å². The molecule has 100 valence electrons. The van der Waals surface area contributed by atoms with Crippen molar-refractivity contribution in [1.29, 1.82) is 0 Å². The van der Waals surface area contributed by atoms with Gasteiger partial charge in [-0.2, -0.15) is 0 Å². The van der Waals surface area contributed by atoms with E-state index in [4.69, 9.17) is 10.9 Å². The van der Waals surface area contributed by atoms with Crippen molar-refractivity contribution < 1.29 is 13.2 Å². The van der Waals surface area contributed by atoms with Gasteiger partial charge in [0.15, 0.2) is 0 Å². The molecule has 0 aliphatic heterocycles. The zero-order valence-electron chi connectivity index (χ0n) is 10.3. The van der Waals surface area contributed by atoms with Crippen LogP contribution in [0.15, 0.2) is 23.1 Å². The monoisotopic (exact) mass is 271 g/mol. The van der Waals surface area contributed by atoms with Crippen LogP contribution in [-0.4, -0.2) is 20.9 Å². The van der Waals surface area contributed by atoms with Crippen LogP contribution in [0.3, 0.4) is 0 Å². The molecule has 0 aliphatic carbocycles. The fourth-order valence-corrected chi connectivity index (χ4v) is 1.84. The number of benzene rings is 1. The zero-order chi connectivity index (χ0) is 13.9. The summed E-state index contributed by atoms with van der Waals surface area (Å²) >= 11 is 0. The number of nitrogen functional groups attached to an aromatic ring is 1. The fourth-order valence-electron chi connectivity index (χ4n) is 1.30. The minimum absolute atomic E-state index is 0.113. The summed E-state index contributed by atoms with van der Waals surface area (Å²) in [5, 5.41) is 7.66. The summed E-state index contributed by atoms with van der Waals surface area (Å²) < 4.78 is 22.4. The summed E-state index contributed by atoms with van der Waals surface area (Å²) in [6.45, 7) is 4.38. The molecular formula is C11H17N3O3S. The van der Waals surface area contributed by atoms with Crippen LogP contribution in [0.2, 0.25) is 0 Å². The minimum Gasteiger partial charge on any atom is -0.398 e. The van der Waals surface area contributed by atoms with Crippen molar-refractivity contribution in [1.82, 2.24) is 5.32 Å². The molecule has 7 heteroatoms. The number of hydrogen-bond acceptors (Lipinski definition) is 4. The van der Waals surface area contributed by atoms with E-state index in [9.17, 15) is 13.2 Å². The summed E-state index contributed by atoms with van der Waals surface area (Å²) in [6.07, 6.45) is 0. The molecule has 1 rings (SSSR count). The Bertz CT molecular complexity index is 553. The quantitative estimate of drug-likeness (QED) is 0.683. The normalized spacial score (nSPS) is 11.6. The third-order valence-electron chi connectivity index (χ3n) is 2.27. The average molecular weight is 271 g/mol. The van der Waals surface area contributed by atoms with E-state index in [1.807, 2.05) is 13.8 Å². The Morgan fingerprint density at radius 2 is 2.00 bits per heavy atom. The number of carbonyl (C=O) groups excluding carboxylic acids is 1. The molecule has 1 amide bonds. The highest BCUT2D eigenvalue weighted by atomic mass is 32.2. The summed E-state index contributed by atoms with van der Waals surface area (Å²) in [5.41, 5.74) is 5.97. The summed E-state index contributed by atoms with van der Waals surface area (Å²) in [5.74, 6) is -0.122. The fraction of sp³-hybridized carbons (Fsp3) is 0.364. The summed E-state index contributed by atoms with van der Waals surface area (Å²) in [7, 11) is -3.84. The predicted molar refractivity (Wildman–Crippen MR) is 69.4 cm³/mol. The van der Waals surface area contributed by atoms with Crippen LogP contribution in [0.5, 0.6) is 0 Å². The van der Waals surface area contributed by atoms with Crippen LogP contribution >= 0.6 is 0 Å². The Kier molecular flexibility index (Phi) is 4.31. The molecule has 5 N–H and O–H groups in total. The number of rotatable bonds is 4. The molecule has 0 aromatic heterocycles. The van der Waals surface area contributed by atoms with Crippen LogP contribution < -0.4 is 16.2 Å². The van der Waals surface area contributed by atoms with E-state index in [-0.39, 0.29) is 22.1 Å². The van der Waals surface area contributed by atoms with Crippen LogP contribution in [0.25, 0.3) is 0 Å². The number of carbonyl (C=O) groups is 1. The number of nitrogens with two attached hydrogens (primary N) is 2. The van der Waals surface area contributed by atoms with E-state index in [1.54, 1.807) is 0 Å². The number of hydrogen-bond donors (Lipinski definition) is 3. The molecule has 0 bridgehead atoms. The molecule has 0 aliphatic rings. The summed E-state index contributed by atoms with van der Waals surface area (Å²) in [6, 6.07) is 3.80. The zero-order valence-corrected chi connectivity index (χ0v) is 11.1. The Morgan fingerprint density at radius 3 is 2.50 bits per heavy atom. The molecule has 0 unspecified atom stereocenters. The summed E-state index contributed by atoms with van der Waals surface area (Å²) in [4.78, 5) is 11.7. The maximum absolute atomic E-state index is 11.8. The van der Waals surface area contributed by atoms with E-state index in [1.165, 1.54) is 18.2 Å². The average Bonchev–Trinajstić information content (AvgIpc) is 2.24. The lowest BCUT2D eigenvalue weighted by Crippen LogP contribution is -2.28. The third kappa shape index (κ3) is 3.71. The largest absolute Gasteiger partial charge is 0.398 e. The minimum atomic E-state index is -3.84. The first-order chi connectivity index (χ1) is 8.21. The van der Waals surface area contributed by atoms with Crippen LogP contribution in [0, 0.1) is 5.92 Å². The molecule has 1 aromatic carbocycles. The van der Waals surface area contributed by atoms with Gasteiger partial charge >= 0.3 is 0 Å². The van der Waals surface area contributed by atoms with Crippen molar-refractivity contribution in [2.75, 3.05) is 12.3 Å². The van der Waals surface area contributed by atoms with Crippen molar-refractivity contribution in [2.24, 2.45) is 11.1 Å². The van der Waals surface area contributed by atoms with Gasteiger partial charge in [-0.25, -0.2) is 13.6 Å². The lowest BCUT2D eigenvalue weighted by molar-refractivity contribution is 0.0949. The van der Waals surface area contributed by atoms with Gasteiger partial charge in [-0.3, -0.25) is 4.79 Å². The number of amides is 1. The van der Waals surface area contributed by atoms with Gasteiger partial charge in [0, 0.05) is 12.2 Å². The van der Waals surface area contributed by atoms with Crippen LogP contribution in [0.4, 0.5) is 5.69 Å². The maximum Gasteiger partial charge on any atom is 0.253 e. The standard InChI is InChI=1S/C11H17N3O3S/c1-7(2)6-14-11(15)9-5-8(18(13,16)17)3-4-10(9)12/h3-5,7H,6,12H2,1-2H3,(H,14,15)(H2,13,16,17). The number of primary sulfonamides is 1. The predicted octanol–water partition coefficient (Wildman–Crippen LogP) is 0.302. The lowest BCUT2D eigenvalue weighted by Gasteiger charge is -2.10. The Morgan fingerprint density at radius 1 is 1.39 bits per heavy atom. The van der Waals surface area contributed by atoms with Gasteiger partial charge < -0.3 is 11.1 Å². The van der Waals surface area contributed by atoms with Crippen molar-refractivity contribution in [3.8, 4) is 0 Å². The van der Waals surface area contributed by atoms with Gasteiger partial charge in [0.05, 0.1) is 10.5 Å². The topological polar surface area (TPSA) is 115 Å². The number of anilines is 1. The highest BCUT2D eigenvalue weighted by Gasteiger charge is 2.15. The second-order valence-corrected chi connectivity index (χ2v) is 5.96. The SMILES string of the molecule is CC(C)CNC(=O)c1cc(S(N)(=O)=O)ccc1N. The van der Waals surface area contributed by atoms with Crippen molar-refractivity contribution in [2.45, 2.75) is 18.7 Å². The molecule has 0 saturated heterocycles. The molecule has 0 heterocycles. The van der Waals surface area contributed by atoms with Crippen molar-refractivity contribution in [3.05, 3.63) is 23.8 Å². The van der Waals surface area contributed by atoms with E-state index in [2.05, 4.69) is 5.32 Å². The third-order valence-corrected chi connectivity index (χ3v) is 3.18. The maximum atomic E-state index is 11.8. The van der Waals surface area contributed by atoms with E-state index in [0.717, 1.165) is 0 Å². The van der Waals surface area contributed by atoms with Crippen LogP contribution in [0.1, 0.15) is 24.2 Å². The highest BCUT2D eigenvalue weighted by Crippen LogP contribution is 2.17.